The second kappa shape index (κ2) is 17.3. The van der Waals surface area contributed by atoms with Gasteiger partial charge in [-0.3, -0.25) is 0 Å². The molecular formula is C83H75BN4. The molecular weight excluding hydrogens is 1060 g/mol. The van der Waals surface area contributed by atoms with Crippen LogP contribution >= 0.6 is 0 Å². The molecule has 1 spiro atoms. The van der Waals surface area contributed by atoms with Gasteiger partial charge in [-0.1, -0.05) is 228 Å². The van der Waals surface area contributed by atoms with E-state index in [0.29, 0.717) is 0 Å². The maximum atomic E-state index is 2.79. The first-order valence-corrected chi connectivity index (χ1v) is 32.4. The molecule has 0 bridgehead atoms. The number of benzene rings is 9. The van der Waals surface area contributed by atoms with Gasteiger partial charge >= 0.3 is 0 Å². The Morgan fingerprint density at radius 2 is 0.989 bits per heavy atom. The quantitative estimate of drug-likeness (QED) is 0.158. The number of rotatable bonds is 2. The fourth-order valence-electron chi connectivity index (χ4n) is 17.7. The summed E-state index contributed by atoms with van der Waals surface area (Å²) in [6.45, 7) is 28.7. The maximum Gasteiger partial charge on any atom is 0.252 e. The van der Waals surface area contributed by atoms with Crippen LogP contribution in [-0.4, -0.2) is 20.4 Å². The van der Waals surface area contributed by atoms with Crippen LogP contribution in [0.4, 0.5) is 17.1 Å². The first-order chi connectivity index (χ1) is 42.2. The lowest BCUT2D eigenvalue weighted by Gasteiger charge is -2.47. The van der Waals surface area contributed by atoms with E-state index in [1.54, 1.807) is 0 Å². The van der Waals surface area contributed by atoms with Crippen molar-refractivity contribution >= 4 is 101 Å². The molecule has 6 aliphatic rings. The molecule has 9 aromatic carbocycles. The summed E-state index contributed by atoms with van der Waals surface area (Å²) in [5.74, 6) is 0.485. The molecule has 2 unspecified atom stereocenters. The largest absolute Gasteiger partial charge is 0.314 e. The van der Waals surface area contributed by atoms with Gasteiger partial charge < -0.3 is 18.6 Å². The molecule has 5 heteroatoms. The van der Waals surface area contributed by atoms with E-state index in [1.165, 1.54) is 155 Å². The zero-order chi connectivity index (χ0) is 60.0. The van der Waals surface area contributed by atoms with Crippen molar-refractivity contribution in [2.45, 2.75) is 124 Å². The number of fused-ring (bicyclic) bond motifs is 22. The Kier molecular flexibility index (Phi) is 10.3. The third kappa shape index (κ3) is 6.72. The van der Waals surface area contributed by atoms with Crippen LogP contribution in [0.25, 0.3) is 77.7 Å². The standard InChI is InChI=1S/C83H75BN4/c1-79(2,3)48-36-38-68-57(40-48)59-42-50(81(7,8)9)44-65-76(59)87(68)73-46-52(47-74-75(73)84(65)66-45-51(82(10,11)12)43-60-58-41-49(80(4,5)6)37-39-69(58)88(74)77(60)66)85-67-32-20-15-26-55(67)56-27-23-35-72(78(56)85)86-70-33-21-18-30-63(70)83(64-31-19-22-34-71(64)86)61-28-16-13-24-53(61)54-25-14-17-29-62(54)83/h13-36,38,40-47,53,61H,37,39H2,1-12H3. The van der Waals surface area contributed by atoms with Crippen LogP contribution in [0.5, 0.6) is 0 Å². The van der Waals surface area contributed by atoms with Crippen LogP contribution in [0.1, 0.15) is 146 Å². The number of aromatic nitrogens is 3. The van der Waals surface area contributed by atoms with Gasteiger partial charge in [0, 0.05) is 72.4 Å². The fraction of sp³-hybridized carbons (Fsp3) is 0.253. The summed E-state index contributed by atoms with van der Waals surface area (Å²) in [7, 11) is 0. The highest BCUT2D eigenvalue weighted by atomic mass is 15.2. The van der Waals surface area contributed by atoms with Crippen molar-refractivity contribution in [3.63, 3.8) is 0 Å². The number of para-hydroxylation sites is 4. The Bertz CT molecular complexity index is 5180. The third-order valence-corrected chi connectivity index (χ3v) is 21.8. The Morgan fingerprint density at radius 3 is 1.68 bits per heavy atom. The van der Waals surface area contributed by atoms with Gasteiger partial charge in [0.15, 0.2) is 0 Å². The summed E-state index contributed by atoms with van der Waals surface area (Å²) in [5, 5.41) is 6.54. The van der Waals surface area contributed by atoms with Crippen molar-refractivity contribution in [1.82, 2.24) is 13.7 Å². The predicted octanol–water partition coefficient (Wildman–Crippen LogP) is 19.2. The van der Waals surface area contributed by atoms with E-state index >= 15 is 0 Å². The topological polar surface area (TPSA) is 18.0 Å². The van der Waals surface area contributed by atoms with Crippen molar-refractivity contribution in [2.75, 3.05) is 4.90 Å². The van der Waals surface area contributed by atoms with Crippen LogP contribution in [-0.2, 0) is 28.1 Å². The van der Waals surface area contributed by atoms with Gasteiger partial charge in [0.1, 0.15) is 0 Å². The monoisotopic (exact) mass is 1140 g/mol. The van der Waals surface area contributed by atoms with Crippen LogP contribution < -0.4 is 21.3 Å². The summed E-state index contributed by atoms with van der Waals surface area (Å²) in [6.07, 6.45) is 14.1. The molecule has 0 fully saturated rings. The van der Waals surface area contributed by atoms with Gasteiger partial charge in [-0.25, -0.2) is 0 Å². The summed E-state index contributed by atoms with van der Waals surface area (Å²) in [6, 6.07) is 67.5. The second-order valence-corrected chi connectivity index (χ2v) is 30.8. The number of nitrogens with zero attached hydrogens (tertiary/aromatic N) is 4. The minimum absolute atomic E-state index is 0.0142. The summed E-state index contributed by atoms with van der Waals surface area (Å²) >= 11 is 0. The van der Waals surface area contributed by atoms with Crippen LogP contribution in [0.15, 0.2) is 200 Å². The van der Waals surface area contributed by atoms with Crippen LogP contribution in [0, 0.1) is 11.3 Å². The molecule has 3 aliphatic heterocycles. The lowest BCUT2D eigenvalue weighted by molar-refractivity contribution is 0.454. The zero-order valence-corrected chi connectivity index (χ0v) is 53.0. The lowest BCUT2D eigenvalue weighted by Crippen LogP contribution is -2.60. The molecule has 12 aromatic rings. The van der Waals surface area contributed by atoms with E-state index in [2.05, 4.69) is 302 Å². The Hall–Kier alpha value is -8.80. The molecule has 3 aliphatic carbocycles. The molecule has 430 valence electrons. The molecule has 18 rings (SSSR count). The first-order valence-electron chi connectivity index (χ1n) is 32.4. The molecule has 0 N–H and O–H groups in total. The molecule has 6 heterocycles. The van der Waals surface area contributed by atoms with E-state index in [4.69, 9.17) is 0 Å². The van der Waals surface area contributed by atoms with Crippen molar-refractivity contribution in [3.05, 3.63) is 250 Å². The van der Waals surface area contributed by atoms with E-state index in [-0.39, 0.29) is 40.2 Å². The molecule has 2 atom stereocenters. The van der Waals surface area contributed by atoms with E-state index < -0.39 is 5.41 Å². The highest BCUT2D eigenvalue weighted by Gasteiger charge is 2.57. The van der Waals surface area contributed by atoms with E-state index in [9.17, 15) is 0 Å². The molecule has 0 amide bonds. The van der Waals surface area contributed by atoms with Gasteiger partial charge in [-0.15, -0.1) is 0 Å². The summed E-state index contributed by atoms with van der Waals surface area (Å²) < 4.78 is 8.17. The molecule has 0 radical (unpaired) electrons. The minimum Gasteiger partial charge on any atom is -0.314 e. The van der Waals surface area contributed by atoms with Crippen LogP contribution in [0.2, 0.25) is 0 Å². The normalized spacial score (nSPS) is 17.7. The van der Waals surface area contributed by atoms with Crippen molar-refractivity contribution < 1.29 is 0 Å². The SMILES string of the molecule is CC(C)(C)C1=Cc2c(n3c4c(cc(C(C)(C)C)cc24)B2c4c-3cc(-n3c5ccccc5c5cccc(N6c7ccccc7C7(c8ccccc8C8C=CC=CC87)c7ccccc76)c53)cc4-n3c4ccc(C(C)(C)C)cc4c4cc(C(C)(C)C)cc2c43)CC1. The Labute approximate surface area is 518 Å². The number of hydrogen-bond donors (Lipinski definition) is 0. The molecule has 0 saturated carbocycles. The third-order valence-electron chi connectivity index (χ3n) is 21.8. The Balaban J connectivity index is 0.987. The highest BCUT2D eigenvalue weighted by molar-refractivity contribution is 7.00. The number of anilines is 3. The van der Waals surface area contributed by atoms with Gasteiger partial charge in [0.25, 0.3) is 6.71 Å². The average Bonchev–Trinajstić information content (AvgIpc) is 1.42. The van der Waals surface area contributed by atoms with Gasteiger partial charge in [0.05, 0.1) is 44.7 Å². The second-order valence-electron chi connectivity index (χ2n) is 30.8. The smallest absolute Gasteiger partial charge is 0.252 e. The Morgan fingerprint density at radius 1 is 0.420 bits per heavy atom. The maximum absolute atomic E-state index is 2.79. The molecule has 4 nitrogen and oxygen atoms in total. The fourth-order valence-corrected chi connectivity index (χ4v) is 17.7. The summed E-state index contributed by atoms with van der Waals surface area (Å²) in [4.78, 5) is 2.64. The number of hydrogen-bond acceptors (Lipinski definition) is 1. The number of allylic oxidation sites excluding steroid dienone is 5. The lowest BCUT2D eigenvalue weighted by atomic mass is 9.34. The zero-order valence-electron chi connectivity index (χ0n) is 53.0. The van der Waals surface area contributed by atoms with E-state index in [1.807, 2.05) is 0 Å². The van der Waals surface area contributed by atoms with Gasteiger partial charge in [0.2, 0.25) is 0 Å². The summed E-state index contributed by atoms with van der Waals surface area (Å²) in [5.41, 5.74) is 31.4. The minimum atomic E-state index is -0.402. The van der Waals surface area contributed by atoms with Gasteiger partial charge in [-0.2, -0.15) is 0 Å². The predicted molar refractivity (Wildman–Crippen MR) is 374 cm³/mol. The molecule has 88 heavy (non-hydrogen) atoms. The average molecular weight is 1140 g/mol. The molecule has 3 aromatic heterocycles. The van der Waals surface area contributed by atoms with Crippen LogP contribution in [0.3, 0.4) is 0 Å². The van der Waals surface area contributed by atoms with E-state index in [0.717, 1.165) is 18.5 Å². The highest BCUT2D eigenvalue weighted by Crippen LogP contribution is 2.66. The van der Waals surface area contributed by atoms with Crippen molar-refractivity contribution in [2.24, 2.45) is 11.3 Å². The molecule has 0 saturated heterocycles. The van der Waals surface area contributed by atoms with Crippen molar-refractivity contribution in [1.29, 1.82) is 0 Å². The van der Waals surface area contributed by atoms with Gasteiger partial charge in [-0.05, 0) is 150 Å². The van der Waals surface area contributed by atoms with Crippen molar-refractivity contribution in [3.8, 4) is 17.1 Å². The first kappa shape index (κ1) is 52.3.